The van der Waals surface area contributed by atoms with Gasteiger partial charge in [0.25, 0.3) is 15.0 Å². The average Bonchev–Trinajstić information content (AvgIpc) is 2.24. The second kappa shape index (κ2) is 4.90. The van der Waals surface area contributed by atoms with Gasteiger partial charge in [0.1, 0.15) is 0 Å². The van der Waals surface area contributed by atoms with E-state index in [9.17, 15) is 13.2 Å². The molecule has 0 unspecified atom stereocenters. The summed E-state index contributed by atoms with van der Waals surface area (Å²) < 4.78 is 22.4. The zero-order valence-corrected chi connectivity index (χ0v) is 11.5. The summed E-state index contributed by atoms with van der Waals surface area (Å²) in [5.74, 6) is -0.165. The van der Waals surface area contributed by atoms with E-state index in [-0.39, 0.29) is 16.8 Å². The summed E-state index contributed by atoms with van der Waals surface area (Å²) in [6.45, 7) is 0. The first-order chi connectivity index (χ1) is 8.39. The number of nitrogens with zero attached hydrogens (tertiary/aromatic N) is 1. The summed E-state index contributed by atoms with van der Waals surface area (Å²) >= 11 is 0. The summed E-state index contributed by atoms with van der Waals surface area (Å²) in [5.41, 5.74) is 0.353. The molecule has 1 aliphatic rings. The maximum atomic E-state index is 12.1. The lowest BCUT2D eigenvalue weighted by Gasteiger charge is -2.34. The molecule has 1 amide bonds. The molecule has 6 heteroatoms. The molecule has 4 nitrogen and oxygen atoms in total. The van der Waals surface area contributed by atoms with Crippen molar-refractivity contribution in [3.63, 3.8) is 0 Å². The molecule has 1 aromatic rings. The number of carbonyl (C=O) groups is 1. The van der Waals surface area contributed by atoms with E-state index < -0.39 is 9.05 Å². The van der Waals surface area contributed by atoms with E-state index in [1.165, 1.54) is 18.2 Å². The molecule has 0 atom stereocenters. The van der Waals surface area contributed by atoms with E-state index in [1.807, 2.05) is 0 Å². The Morgan fingerprint density at radius 1 is 1.39 bits per heavy atom. The molecule has 0 radical (unpaired) electrons. The zero-order chi connectivity index (χ0) is 13.3. The van der Waals surface area contributed by atoms with Crippen LogP contribution in [0.25, 0.3) is 0 Å². The van der Waals surface area contributed by atoms with E-state index >= 15 is 0 Å². The van der Waals surface area contributed by atoms with Crippen LogP contribution in [0.1, 0.15) is 29.6 Å². The number of carbonyl (C=O) groups excluding carboxylic acids is 1. The summed E-state index contributed by atoms with van der Waals surface area (Å²) in [5, 5.41) is 0. The summed E-state index contributed by atoms with van der Waals surface area (Å²) in [4.78, 5) is 13.8. The Balaban J connectivity index is 2.25. The first kappa shape index (κ1) is 13.4. The number of benzene rings is 1. The predicted octanol–water partition coefficient (Wildman–Crippen LogP) is 2.24. The SMILES string of the molecule is CN(C(=O)c1cccc(S(=O)(=O)Cl)c1)C1CCC1. The summed E-state index contributed by atoms with van der Waals surface area (Å²) in [6, 6.07) is 6.09. The monoisotopic (exact) mass is 287 g/mol. The molecule has 0 aromatic heterocycles. The fourth-order valence-electron chi connectivity index (χ4n) is 1.92. The Bertz CT molecular complexity index is 566. The van der Waals surface area contributed by atoms with Gasteiger partial charge in [-0.15, -0.1) is 0 Å². The van der Waals surface area contributed by atoms with E-state index in [0.29, 0.717) is 5.56 Å². The molecule has 0 saturated heterocycles. The van der Waals surface area contributed by atoms with Crippen LogP contribution in [0.3, 0.4) is 0 Å². The number of hydrogen-bond donors (Lipinski definition) is 0. The lowest BCUT2D eigenvalue weighted by atomic mass is 9.91. The normalized spacial score (nSPS) is 16.1. The van der Waals surface area contributed by atoms with E-state index in [4.69, 9.17) is 10.7 Å². The second-order valence-electron chi connectivity index (χ2n) is 4.47. The molecule has 1 aliphatic carbocycles. The zero-order valence-electron chi connectivity index (χ0n) is 9.97. The van der Waals surface area contributed by atoms with Crippen molar-refractivity contribution in [2.24, 2.45) is 0 Å². The highest BCUT2D eigenvalue weighted by molar-refractivity contribution is 8.13. The Morgan fingerprint density at radius 2 is 2.06 bits per heavy atom. The minimum atomic E-state index is -3.79. The third-order valence-electron chi connectivity index (χ3n) is 3.31. The molecule has 0 heterocycles. The fourth-order valence-corrected chi connectivity index (χ4v) is 2.72. The molecule has 1 fully saturated rings. The van der Waals surface area contributed by atoms with Crippen molar-refractivity contribution in [2.75, 3.05) is 7.05 Å². The fraction of sp³-hybridized carbons (Fsp3) is 0.417. The van der Waals surface area contributed by atoms with Gasteiger partial charge in [0.15, 0.2) is 0 Å². The lowest BCUT2D eigenvalue weighted by Crippen LogP contribution is -2.41. The van der Waals surface area contributed by atoms with Crippen LogP contribution < -0.4 is 0 Å². The topological polar surface area (TPSA) is 54.5 Å². The smallest absolute Gasteiger partial charge is 0.261 e. The van der Waals surface area contributed by atoms with Crippen LogP contribution in [0.2, 0.25) is 0 Å². The first-order valence-corrected chi connectivity index (χ1v) is 8.02. The van der Waals surface area contributed by atoms with Crippen LogP contribution >= 0.6 is 10.7 Å². The molecule has 0 spiro atoms. The van der Waals surface area contributed by atoms with Crippen LogP contribution in [-0.4, -0.2) is 32.3 Å². The van der Waals surface area contributed by atoms with Crippen molar-refractivity contribution in [1.29, 1.82) is 0 Å². The van der Waals surface area contributed by atoms with Crippen LogP contribution in [0, 0.1) is 0 Å². The van der Waals surface area contributed by atoms with Gasteiger partial charge in [0, 0.05) is 29.3 Å². The first-order valence-electron chi connectivity index (χ1n) is 5.71. The van der Waals surface area contributed by atoms with E-state index in [2.05, 4.69) is 0 Å². The third-order valence-corrected chi connectivity index (χ3v) is 4.66. The Hall–Kier alpha value is -1.07. The maximum Gasteiger partial charge on any atom is 0.261 e. The average molecular weight is 288 g/mol. The van der Waals surface area contributed by atoms with Gasteiger partial charge < -0.3 is 4.90 Å². The summed E-state index contributed by atoms with van der Waals surface area (Å²) in [7, 11) is 3.21. The standard InChI is InChI=1S/C12H14ClNO3S/c1-14(10-5-3-6-10)12(15)9-4-2-7-11(8-9)18(13,16)17/h2,4,7-8,10H,3,5-6H2,1H3. The third kappa shape index (κ3) is 2.67. The van der Waals surface area contributed by atoms with Crippen molar-refractivity contribution >= 4 is 25.6 Å². The van der Waals surface area contributed by atoms with Gasteiger partial charge in [0.2, 0.25) is 0 Å². The molecular formula is C12H14ClNO3S. The highest BCUT2D eigenvalue weighted by Gasteiger charge is 2.26. The molecule has 0 N–H and O–H groups in total. The number of amides is 1. The molecule has 0 aliphatic heterocycles. The van der Waals surface area contributed by atoms with Gasteiger partial charge in [0.05, 0.1) is 4.90 Å². The molecule has 2 rings (SSSR count). The molecule has 0 bridgehead atoms. The highest BCUT2D eigenvalue weighted by Crippen LogP contribution is 2.25. The molecule has 98 valence electrons. The second-order valence-corrected chi connectivity index (χ2v) is 7.03. The van der Waals surface area contributed by atoms with Gasteiger partial charge in [-0.3, -0.25) is 4.79 Å². The Morgan fingerprint density at radius 3 is 2.56 bits per heavy atom. The van der Waals surface area contributed by atoms with Crippen molar-refractivity contribution < 1.29 is 13.2 Å². The van der Waals surface area contributed by atoms with Crippen molar-refractivity contribution in [3.8, 4) is 0 Å². The Kier molecular flexibility index (Phi) is 3.64. The van der Waals surface area contributed by atoms with Crippen LogP contribution in [0.15, 0.2) is 29.2 Å². The summed E-state index contributed by atoms with van der Waals surface area (Å²) in [6.07, 6.45) is 3.16. The van der Waals surface area contributed by atoms with E-state index in [0.717, 1.165) is 19.3 Å². The molecular weight excluding hydrogens is 274 g/mol. The largest absolute Gasteiger partial charge is 0.339 e. The quantitative estimate of drug-likeness (QED) is 0.801. The maximum absolute atomic E-state index is 12.1. The molecule has 1 saturated carbocycles. The van der Waals surface area contributed by atoms with Crippen LogP contribution in [0.4, 0.5) is 0 Å². The molecule has 18 heavy (non-hydrogen) atoms. The predicted molar refractivity (Wildman–Crippen MR) is 69.2 cm³/mol. The molecule has 1 aromatic carbocycles. The van der Waals surface area contributed by atoms with Crippen molar-refractivity contribution in [2.45, 2.75) is 30.2 Å². The number of halogens is 1. The van der Waals surface area contributed by atoms with Crippen molar-refractivity contribution in [1.82, 2.24) is 4.90 Å². The van der Waals surface area contributed by atoms with Gasteiger partial charge in [-0.1, -0.05) is 6.07 Å². The van der Waals surface area contributed by atoms with Gasteiger partial charge in [-0.05, 0) is 37.5 Å². The van der Waals surface area contributed by atoms with Gasteiger partial charge >= 0.3 is 0 Å². The van der Waals surface area contributed by atoms with Gasteiger partial charge in [-0.2, -0.15) is 0 Å². The highest BCUT2D eigenvalue weighted by atomic mass is 35.7. The lowest BCUT2D eigenvalue weighted by molar-refractivity contribution is 0.0652. The minimum Gasteiger partial charge on any atom is -0.339 e. The van der Waals surface area contributed by atoms with Crippen LogP contribution in [-0.2, 0) is 9.05 Å². The number of rotatable bonds is 3. The van der Waals surface area contributed by atoms with E-state index in [1.54, 1.807) is 18.0 Å². The van der Waals surface area contributed by atoms with Crippen LogP contribution in [0.5, 0.6) is 0 Å². The minimum absolute atomic E-state index is 0.0444. The van der Waals surface area contributed by atoms with Gasteiger partial charge in [-0.25, -0.2) is 8.42 Å². The number of hydrogen-bond acceptors (Lipinski definition) is 3. The Labute approximate surface area is 111 Å². The van der Waals surface area contributed by atoms with Crippen molar-refractivity contribution in [3.05, 3.63) is 29.8 Å².